The molecule has 132 valence electrons. The van der Waals surface area contributed by atoms with E-state index in [0.717, 1.165) is 17.7 Å². The van der Waals surface area contributed by atoms with Gasteiger partial charge < -0.3 is 16.0 Å². The fourth-order valence-electron chi connectivity index (χ4n) is 3.80. The molecule has 0 bridgehead atoms. The van der Waals surface area contributed by atoms with Crippen molar-refractivity contribution in [3.05, 3.63) is 29.8 Å². The maximum absolute atomic E-state index is 12.4. The van der Waals surface area contributed by atoms with Crippen molar-refractivity contribution in [1.29, 1.82) is 0 Å². The predicted molar refractivity (Wildman–Crippen MR) is 97.1 cm³/mol. The molecule has 3 unspecified atom stereocenters. The predicted octanol–water partition coefficient (Wildman–Crippen LogP) is 2.60. The number of halogens is 1. The smallest absolute Gasteiger partial charge is 0.237 e. The van der Waals surface area contributed by atoms with Crippen molar-refractivity contribution < 1.29 is 9.59 Å². The zero-order valence-corrected chi connectivity index (χ0v) is 14.8. The van der Waals surface area contributed by atoms with Crippen LogP contribution in [0.5, 0.6) is 0 Å². The number of rotatable bonds is 4. The summed E-state index contributed by atoms with van der Waals surface area (Å²) in [6.07, 6.45) is 5.99. The molecule has 0 aromatic heterocycles. The summed E-state index contributed by atoms with van der Waals surface area (Å²) in [6, 6.07) is 8.05. The van der Waals surface area contributed by atoms with E-state index in [4.69, 9.17) is 0 Å². The van der Waals surface area contributed by atoms with E-state index in [1.54, 1.807) is 0 Å². The highest BCUT2D eigenvalue weighted by Gasteiger charge is 2.37. The summed E-state index contributed by atoms with van der Waals surface area (Å²) in [5.41, 5.74) is 1.74. The van der Waals surface area contributed by atoms with Crippen LogP contribution in [0, 0.1) is 5.92 Å². The number of amides is 2. The second kappa shape index (κ2) is 8.49. The number of nitrogens with one attached hydrogen (secondary N) is 3. The molecular formula is C18H26ClN3O2. The highest BCUT2D eigenvalue weighted by molar-refractivity contribution is 5.88. The molecule has 1 aliphatic heterocycles. The Labute approximate surface area is 149 Å². The molecule has 1 heterocycles. The average molecular weight is 352 g/mol. The number of carbonyl (C=O) groups excluding carboxylic acids is 2. The van der Waals surface area contributed by atoms with Gasteiger partial charge in [-0.05, 0) is 42.9 Å². The molecule has 2 fully saturated rings. The normalized spacial score (nSPS) is 25.3. The molecular weight excluding hydrogens is 326 g/mol. The lowest BCUT2D eigenvalue weighted by Crippen LogP contribution is -2.42. The zero-order valence-electron chi connectivity index (χ0n) is 14.0. The molecule has 3 atom stereocenters. The van der Waals surface area contributed by atoms with Gasteiger partial charge in [-0.25, -0.2) is 0 Å². The molecule has 5 nitrogen and oxygen atoms in total. The van der Waals surface area contributed by atoms with E-state index < -0.39 is 0 Å². The first-order chi connectivity index (χ1) is 11.1. The molecule has 6 heteroatoms. The minimum absolute atomic E-state index is 0. The minimum Gasteiger partial charge on any atom is -0.351 e. The monoisotopic (exact) mass is 351 g/mol. The number of fused-ring (bicyclic) bond motifs is 1. The summed E-state index contributed by atoms with van der Waals surface area (Å²) in [6.45, 7) is 1.97. The minimum atomic E-state index is -0.0936. The second-order valence-electron chi connectivity index (χ2n) is 6.71. The first kappa shape index (κ1) is 18.7. The molecule has 1 saturated heterocycles. The Balaban J connectivity index is 0.00000208. The van der Waals surface area contributed by atoms with Gasteiger partial charge >= 0.3 is 0 Å². The van der Waals surface area contributed by atoms with Crippen LogP contribution in [0.25, 0.3) is 0 Å². The molecule has 1 aliphatic carbocycles. The first-order valence-electron chi connectivity index (χ1n) is 8.52. The number of benzene rings is 1. The van der Waals surface area contributed by atoms with Crippen LogP contribution >= 0.6 is 12.4 Å². The summed E-state index contributed by atoms with van der Waals surface area (Å²) >= 11 is 0. The van der Waals surface area contributed by atoms with Gasteiger partial charge in [0.1, 0.15) is 0 Å². The van der Waals surface area contributed by atoms with E-state index in [2.05, 4.69) is 16.0 Å². The summed E-state index contributed by atoms with van der Waals surface area (Å²) in [4.78, 5) is 23.5. The fraction of sp³-hybridized carbons (Fsp3) is 0.556. The quantitative estimate of drug-likeness (QED) is 0.781. The van der Waals surface area contributed by atoms with Gasteiger partial charge in [-0.1, -0.05) is 25.0 Å². The van der Waals surface area contributed by atoms with Crippen LogP contribution in [0.1, 0.15) is 44.6 Å². The summed E-state index contributed by atoms with van der Waals surface area (Å²) in [7, 11) is 0. The molecule has 2 aliphatic rings. The van der Waals surface area contributed by atoms with E-state index in [9.17, 15) is 9.59 Å². The molecule has 1 aromatic carbocycles. The van der Waals surface area contributed by atoms with Gasteiger partial charge in [0, 0.05) is 25.2 Å². The second-order valence-corrected chi connectivity index (χ2v) is 6.71. The van der Waals surface area contributed by atoms with E-state index in [-0.39, 0.29) is 30.3 Å². The van der Waals surface area contributed by atoms with Crippen LogP contribution in [0.4, 0.5) is 5.69 Å². The molecule has 3 rings (SSSR count). The van der Waals surface area contributed by atoms with Gasteiger partial charge in [0.25, 0.3) is 0 Å². The van der Waals surface area contributed by atoms with Crippen LogP contribution in [-0.4, -0.2) is 23.9 Å². The van der Waals surface area contributed by atoms with Crippen LogP contribution < -0.4 is 16.0 Å². The lowest BCUT2D eigenvalue weighted by molar-refractivity contribution is -0.123. The number of carbonyl (C=O) groups is 2. The van der Waals surface area contributed by atoms with Crippen LogP contribution in [0.15, 0.2) is 24.3 Å². The molecule has 1 aromatic rings. The Morgan fingerprint density at radius 3 is 2.79 bits per heavy atom. The van der Waals surface area contributed by atoms with Gasteiger partial charge in [-0.15, -0.1) is 12.4 Å². The maximum Gasteiger partial charge on any atom is 0.237 e. The van der Waals surface area contributed by atoms with Gasteiger partial charge in [0.15, 0.2) is 0 Å². The SMILES string of the molecule is CC(=O)Nc1cccc(CNC(=O)C2CC3CCCCC3N2)c1.Cl. The third kappa shape index (κ3) is 4.71. The Morgan fingerprint density at radius 2 is 2.04 bits per heavy atom. The summed E-state index contributed by atoms with van der Waals surface area (Å²) in [5, 5.41) is 9.27. The number of anilines is 1. The lowest BCUT2D eigenvalue weighted by atomic mass is 9.85. The van der Waals surface area contributed by atoms with Crippen LogP contribution in [0.2, 0.25) is 0 Å². The van der Waals surface area contributed by atoms with Gasteiger partial charge in [-0.2, -0.15) is 0 Å². The number of hydrogen-bond acceptors (Lipinski definition) is 3. The molecule has 24 heavy (non-hydrogen) atoms. The van der Waals surface area contributed by atoms with Crippen molar-refractivity contribution >= 4 is 29.9 Å². The van der Waals surface area contributed by atoms with Crippen molar-refractivity contribution in [2.75, 3.05) is 5.32 Å². The third-order valence-corrected chi connectivity index (χ3v) is 4.89. The van der Waals surface area contributed by atoms with E-state index in [0.29, 0.717) is 18.5 Å². The van der Waals surface area contributed by atoms with Crippen molar-refractivity contribution in [2.45, 2.75) is 57.7 Å². The number of hydrogen-bond donors (Lipinski definition) is 3. The van der Waals surface area contributed by atoms with Gasteiger partial charge in [0.05, 0.1) is 6.04 Å². The van der Waals surface area contributed by atoms with E-state index >= 15 is 0 Å². The Kier molecular flexibility index (Phi) is 6.63. The Hall–Kier alpha value is -1.59. The van der Waals surface area contributed by atoms with Crippen molar-refractivity contribution in [3.8, 4) is 0 Å². The summed E-state index contributed by atoms with van der Waals surface area (Å²) in [5.74, 6) is 0.663. The zero-order chi connectivity index (χ0) is 16.2. The van der Waals surface area contributed by atoms with Gasteiger partial charge in [-0.3, -0.25) is 9.59 Å². The molecule has 0 radical (unpaired) electrons. The topological polar surface area (TPSA) is 70.2 Å². The highest BCUT2D eigenvalue weighted by Crippen LogP contribution is 2.33. The van der Waals surface area contributed by atoms with Gasteiger partial charge in [0.2, 0.25) is 11.8 Å². The van der Waals surface area contributed by atoms with E-state index in [1.165, 1.54) is 32.6 Å². The maximum atomic E-state index is 12.4. The van der Waals surface area contributed by atoms with E-state index in [1.807, 2.05) is 24.3 Å². The first-order valence-corrected chi connectivity index (χ1v) is 8.52. The van der Waals surface area contributed by atoms with Crippen molar-refractivity contribution in [3.63, 3.8) is 0 Å². The summed E-state index contributed by atoms with van der Waals surface area (Å²) < 4.78 is 0. The molecule has 1 saturated carbocycles. The fourth-order valence-corrected chi connectivity index (χ4v) is 3.80. The Bertz CT molecular complexity index is 579. The Morgan fingerprint density at radius 1 is 1.25 bits per heavy atom. The van der Waals surface area contributed by atoms with Crippen molar-refractivity contribution in [1.82, 2.24) is 10.6 Å². The largest absolute Gasteiger partial charge is 0.351 e. The molecule has 2 amide bonds. The van der Waals surface area contributed by atoms with Crippen LogP contribution in [0.3, 0.4) is 0 Å². The molecule has 3 N–H and O–H groups in total. The van der Waals surface area contributed by atoms with Crippen LogP contribution in [-0.2, 0) is 16.1 Å². The molecule has 0 spiro atoms. The standard InChI is InChI=1S/C18H25N3O2.ClH/c1-12(22)20-15-7-4-5-13(9-15)11-19-18(23)17-10-14-6-2-3-8-16(14)21-17;/h4-5,7,9,14,16-17,21H,2-3,6,8,10-11H2,1H3,(H,19,23)(H,20,22);1H. The highest BCUT2D eigenvalue weighted by atomic mass is 35.5. The third-order valence-electron chi connectivity index (χ3n) is 4.89. The van der Waals surface area contributed by atoms with Crippen molar-refractivity contribution in [2.24, 2.45) is 5.92 Å². The lowest BCUT2D eigenvalue weighted by Gasteiger charge is -2.24. The average Bonchev–Trinajstić information content (AvgIpc) is 2.96.